The average Bonchev–Trinajstić information content (AvgIpc) is 2.64. The van der Waals surface area contributed by atoms with Crippen LogP contribution in [0.4, 0.5) is 0 Å². The van der Waals surface area contributed by atoms with Crippen LogP contribution in [0, 0.1) is 0 Å². The van der Waals surface area contributed by atoms with E-state index in [9.17, 15) is 0 Å². The van der Waals surface area contributed by atoms with Crippen LogP contribution in [0.25, 0.3) is 0 Å². The van der Waals surface area contributed by atoms with Crippen molar-refractivity contribution in [2.75, 3.05) is 11.5 Å². The first kappa shape index (κ1) is 25.3. The first-order valence-corrected chi connectivity index (χ1v) is 20.7. The molecule has 0 saturated heterocycles. The molecule has 2 aliphatic carbocycles. The van der Waals surface area contributed by atoms with Gasteiger partial charge in [-0.1, -0.05) is 60.1 Å². The largest absolute Gasteiger partial charge is 0.414 e. The SMILES string of the molecule is C[Si](C)(CCCSSCCC[Si](C)(C)OC1CCCCC1)OC1CCCCC1. The minimum Gasteiger partial charge on any atom is -0.414 e. The maximum atomic E-state index is 6.54. The van der Waals surface area contributed by atoms with Crippen molar-refractivity contribution in [3.8, 4) is 0 Å². The molecule has 0 aromatic rings. The second-order valence-corrected chi connectivity index (χ2v) is 21.3. The van der Waals surface area contributed by atoms with Crippen molar-refractivity contribution < 1.29 is 8.85 Å². The van der Waals surface area contributed by atoms with Gasteiger partial charge in [-0.15, -0.1) is 0 Å². The van der Waals surface area contributed by atoms with Crippen LogP contribution >= 0.6 is 21.6 Å². The van der Waals surface area contributed by atoms with Crippen LogP contribution in [0.3, 0.4) is 0 Å². The molecule has 2 aliphatic rings. The highest BCUT2D eigenvalue weighted by Crippen LogP contribution is 2.30. The topological polar surface area (TPSA) is 18.5 Å². The Morgan fingerprint density at radius 2 is 0.964 bits per heavy atom. The van der Waals surface area contributed by atoms with E-state index in [2.05, 4.69) is 47.8 Å². The molecule has 2 fully saturated rings. The van der Waals surface area contributed by atoms with Gasteiger partial charge in [0.2, 0.25) is 0 Å². The molecule has 0 aromatic heterocycles. The van der Waals surface area contributed by atoms with Crippen molar-refractivity contribution in [1.29, 1.82) is 0 Å². The Morgan fingerprint density at radius 1 is 0.607 bits per heavy atom. The van der Waals surface area contributed by atoms with E-state index >= 15 is 0 Å². The first-order valence-electron chi connectivity index (χ1n) is 12.0. The zero-order valence-electron chi connectivity index (χ0n) is 19.1. The van der Waals surface area contributed by atoms with Crippen molar-refractivity contribution in [2.45, 2.75) is 128 Å². The summed E-state index contributed by atoms with van der Waals surface area (Å²) < 4.78 is 13.1. The summed E-state index contributed by atoms with van der Waals surface area (Å²) in [6, 6.07) is 2.65. The van der Waals surface area contributed by atoms with Crippen LogP contribution in [0.2, 0.25) is 38.3 Å². The maximum Gasteiger partial charge on any atom is 0.187 e. The molecule has 166 valence electrons. The summed E-state index contributed by atoms with van der Waals surface area (Å²) in [6.07, 6.45) is 17.4. The molecule has 28 heavy (non-hydrogen) atoms. The smallest absolute Gasteiger partial charge is 0.187 e. The fourth-order valence-corrected chi connectivity index (χ4v) is 11.9. The van der Waals surface area contributed by atoms with Crippen LogP contribution < -0.4 is 0 Å². The number of hydrogen-bond acceptors (Lipinski definition) is 4. The zero-order chi connectivity index (χ0) is 20.3. The van der Waals surface area contributed by atoms with Gasteiger partial charge >= 0.3 is 0 Å². The molecule has 0 heterocycles. The van der Waals surface area contributed by atoms with E-state index in [1.54, 1.807) is 0 Å². The van der Waals surface area contributed by atoms with E-state index in [4.69, 9.17) is 8.85 Å². The van der Waals surface area contributed by atoms with Gasteiger partial charge in [0.1, 0.15) is 0 Å². The Bertz CT molecular complexity index is 371. The summed E-state index contributed by atoms with van der Waals surface area (Å²) in [5.41, 5.74) is 0. The van der Waals surface area contributed by atoms with Crippen molar-refractivity contribution >= 4 is 38.2 Å². The van der Waals surface area contributed by atoms with Crippen LogP contribution in [-0.4, -0.2) is 40.3 Å². The molecule has 0 bridgehead atoms. The van der Waals surface area contributed by atoms with E-state index in [0.717, 1.165) is 0 Å². The summed E-state index contributed by atoms with van der Waals surface area (Å²) in [4.78, 5) is 0. The average molecular weight is 463 g/mol. The van der Waals surface area contributed by atoms with Crippen LogP contribution in [0.15, 0.2) is 0 Å². The molecule has 0 amide bonds. The summed E-state index contributed by atoms with van der Waals surface area (Å²) in [5.74, 6) is 2.57. The van der Waals surface area contributed by atoms with Gasteiger partial charge in [-0.05, 0) is 76.8 Å². The quantitative estimate of drug-likeness (QED) is 0.156. The lowest BCUT2D eigenvalue weighted by Crippen LogP contribution is -2.36. The molecule has 0 N–H and O–H groups in total. The normalized spacial score (nSPS) is 20.6. The number of rotatable bonds is 13. The van der Waals surface area contributed by atoms with Gasteiger partial charge in [0.05, 0.1) is 0 Å². The van der Waals surface area contributed by atoms with Crippen molar-refractivity contribution in [3.05, 3.63) is 0 Å². The Hall–Kier alpha value is 1.05. The third kappa shape index (κ3) is 11.4. The van der Waals surface area contributed by atoms with Gasteiger partial charge in [-0.3, -0.25) is 0 Å². The van der Waals surface area contributed by atoms with E-state index in [0.29, 0.717) is 12.2 Å². The standard InChI is InChI=1S/C22H46O2S2Si2/c1-27(2,23-21-13-7-5-8-14-21)19-11-17-25-26-18-12-20-28(3,4)24-22-15-9-6-10-16-22/h21-22H,5-20H2,1-4H3. The zero-order valence-corrected chi connectivity index (χ0v) is 22.7. The minimum absolute atomic E-state index is 0.584. The molecule has 0 atom stereocenters. The van der Waals surface area contributed by atoms with Gasteiger partial charge in [0.25, 0.3) is 0 Å². The van der Waals surface area contributed by atoms with E-state index < -0.39 is 16.6 Å². The Kier molecular flexibility index (Phi) is 12.2. The molecule has 0 spiro atoms. The van der Waals surface area contributed by atoms with Crippen LogP contribution in [0.5, 0.6) is 0 Å². The fraction of sp³-hybridized carbons (Fsp3) is 1.00. The monoisotopic (exact) mass is 462 g/mol. The lowest BCUT2D eigenvalue weighted by molar-refractivity contribution is 0.145. The molecule has 2 rings (SSSR count). The summed E-state index contributed by atoms with van der Waals surface area (Å²) in [7, 11) is 1.28. The molecule has 0 unspecified atom stereocenters. The van der Waals surface area contributed by atoms with Gasteiger partial charge < -0.3 is 8.85 Å². The molecule has 6 heteroatoms. The predicted octanol–water partition coefficient (Wildman–Crippen LogP) is 8.26. The molecule has 0 aliphatic heterocycles. The lowest BCUT2D eigenvalue weighted by Gasteiger charge is -2.32. The van der Waals surface area contributed by atoms with Gasteiger partial charge in [-0.2, -0.15) is 0 Å². The van der Waals surface area contributed by atoms with E-state index in [1.807, 2.05) is 0 Å². The fourth-order valence-electron chi connectivity index (χ4n) is 4.62. The van der Waals surface area contributed by atoms with E-state index in [1.165, 1.54) is 101 Å². The van der Waals surface area contributed by atoms with Crippen molar-refractivity contribution in [3.63, 3.8) is 0 Å². The maximum absolute atomic E-state index is 6.54. The predicted molar refractivity (Wildman–Crippen MR) is 135 cm³/mol. The van der Waals surface area contributed by atoms with Crippen LogP contribution in [-0.2, 0) is 8.85 Å². The molecule has 0 aromatic carbocycles. The third-order valence-electron chi connectivity index (χ3n) is 6.17. The molecule has 2 saturated carbocycles. The molecule has 0 radical (unpaired) electrons. The molecule has 2 nitrogen and oxygen atoms in total. The van der Waals surface area contributed by atoms with E-state index in [-0.39, 0.29) is 0 Å². The minimum atomic E-state index is -1.45. The Morgan fingerprint density at radius 3 is 1.32 bits per heavy atom. The van der Waals surface area contributed by atoms with Gasteiger partial charge in [-0.25, -0.2) is 0 Å². The molecular weight excluding hydrogens is 417 g/mol. The highest BCUT2D eigenvalue weighted by Gasteiger charge is 2.28. The second kappa shape index (κ2) is 13.5. The second-order valence-electron chi connectivity index (χ2n) is 10.1. The Labute approximate surface area is 185 Å². The van der Waals surface area contributed by atoms with Crippen LogP contribution in [0.1, 0.15) is 77.0 Å². The van der Waals surface area contributed by atoms with Crippen molar-refractivity contribution in [2.24, 2.45) is 0 Å². The highest BCUT2D eigenvalue weighted by atomic mass is 33.1. The summed E-state index contributed by atoms with van der Waals surface area (Å²) in [5, 5.41) is 0. The lowest BCUT2D eigenvalue weighted by atomic mass is 9.98. The third-order valence-corrected chi connectivity index (χ3v) is 13.8. The Balaban J connectivity index is 1.45. The summed E-state index contributed by atoms with van der Waals surface area (Å²) >= 11 is 0. The first-order chi connectivity index (χ1) is 13.4. The summed E-state index contributed by atoms with van der Waals surface area (Å²) in [6.45, 7) is 9.72. The van der Waals surface area contributed by atoms with Gasteiger partial charge in [0.15, 0.2) is 16.6 Å². The van der Waals surface area contributed by atoms with Crippen molar-refractivity contribution in [1.82, 2.24) is 0 Å². The highest BCUT2D eigenvalue weighted by molar-refractivity contribution is 8.76. The van der Waals surface area contributed by atoms with Gasteiger partial charge in [0, 0.05) is 23.7 Å². The molecular formula is C22H46O2S2Si2. The number of hydrogen-bond donors (Lipinski definition) is 0.